The summed E-state index contributed by atoms with van der Waals surface area (Å²) in [6.07, 6.45) is 8.06. The summed E-state index contributed by atoms with van der Waals surface area (Å²) in [6, 6.07) is 8.15. The molecule has 1 fully saturated rings. The van der Waals surface area contributed by atoms with E-state index in [0.717, 1.165) is 57.2 Å². The number of ketones is 3. The molecule has 1 aromatic rings. The molecule has 0 spiro atoms. The molecule has 1 saturated carbocycles. The summed E-state index contributed by atoms with van der Waals surface area (Å²) in [6.45, 7) is 15.4. The van der Waals surface area contributed by atoms with Gasteiger partial charge in [0.15, 0.2) is 11.6 Å². The van der Waals surface area contributed by atoms with E-state index in [1.165, 1.54) is 0 Å². The number of hydrogen-bond donors (Lipinski definition) is 4. The normalized spacial score (nSPS) is 16.2. The van der Waals surface area contributed by atoms with Gasteiger partial charge in [-0.25, -0.2) is 0 Å². The Bertz CT molecular complexity index is 1360. The van der Waals surface area contributed by atoms with Crippen LogP contribution in [0.25, 0.3) is 0 Å². The lowest BCUT2D eigenvalue weighted by Crippen LogP contribution is -2.47. The number of benzene rings is 1. The third-order valence-electron chi connectivity index (χ3n) is 11.2. The second-order valence-corrected chi connectivity index (χ2v) is 16.8. The highest BCUT2D eigenvalue weighted by atomic mass is 16.3. The Labute approximate surface area is 337 Å². The van der Waals surface area contributed by atoms with Gasteiger partial charge in [0.25, 0.3) is 0 Å². The van der Waals surface area contributed by atoms with E-state index in [0.29, 0.717) is 44.7 Å². The van der Waals surface area contributed by atoms with Gasteiger partial charge >= 0.3 is 0 Å². The fourth-order valence-corrected chi connectivity index (χ4v) is 7.90. The van der Waals surface area contributed by atoms with Gasteiger partial charge in [-0.1, -0.05) is 83.2 Å². The number of aliphatic hydroxyl groups is 1. The molecule has 2 rings (SSSR count). The molecule has 11 nitrogen and oxygen atoms in total. The number of rotatable bonds is 28. The predicted octanol–water partition coefficient (Wildman–Crippen LogP) is 5.99. The van der Waals surface area contributed by atoms with Crippen LogP contribution in [-0.4, -0.2) is 89.4 Å². The average molecular weight is 783 g/mol. The lowest BCUT2D eigenvalue weighted by Gasteiger charge is -2.29. The largest absolute Gasteiger partial charge is 0.396 e. The fourth-order valence-electron chi connectivity index (χ4n) is 7.90. The molecular formula is C45H74N4O7. The molecular weight excluding hydrogens is 709 g/mol. The summed E-state index contributed by atoms with van der Waals surface area (Å²) in [5.74, 6) is -3.59. The van der Waals surface area contributed by atoms with E-state index in [4.69, 9.17) is 0 Å². The number of carbonyl (C=O) groups is 6. The molecule has 5 atom stereocenters. The van der Waals surface area contributed by atoms with Gasteiger partial charge in [-0.15, -0.1) is 0 Å². The molecule has 0 radical (unpaired) electrons. The number of hydrogen-bond acceptors (Lipinski definition) is 8. The molecule has 0 saturated heterocycles. The molecule has 1 aliphatic rings. The van der Waals surface area contributed by atoms with Crippen LogP contribution in [-0.2, 0) is 35.2 Å². The summed E-state index contributed by atoms with van der Waals surface area (Å²) in [7, 11) is 0. The molecule has 4 N–H and O–H groups in total. The number of carbonyl (C=O) groups excluding carboxylic acids is 6. The SMILES string of the molecule is CCNC(=O)[C@H](CO)CC(=O)[C@H](CCCCN(CC)C(C)C)NC(=O)[C@@H](CC(=O)[C@H](C)NC(=O)[C@@H](CC(=O)CC(C)C)Cc1ccccc1)CC1CCCCC1. The summed E-state index contributed by atoms with van der Waals surface area (Å²) < 4.78 is 0. The smallest absolute Gasteiger partial charge is 0.225 e. The van der Waals surface area contributed by atoms with Gasteiger partial charge in [-0.2, -0.15) is 0 Å². The standard InChI is InChI=1S/C45H74N4O7/c1-8-46-43(54)38(30-50)29-42(53)40(22-16-17-23-49(9-2)32(5)6)48-45(56)37(26-35-20-14-11-15-21-35)28-41(52)33(7)47-44(55)36(27-39(51)24-31(3)4)25-34-18-12-10-13-19-34/h10,12-13,18-19,31-33,35-38,40,50H,8-9,11,14-17,20-30H2,1-7H3,(H,46,54)(H,47,55)(H,48,56)/t33-,36+,37+,38-,40-/m0/s1. The summed E-state index contributed by atoms with van der Waals surface area (Å²) in [5.41, 5.74) is 0.927. The number of amides is 3. The lowest BCUT2D eigenvalue weighted by molar-refractivity contribution is -0.136. The minimum Gasteiger partial charge on any atom is -0.396 e. The molecule has 0 heterocycles. The second kappa shape index (κ2) is 26.5. The number of Topliss-reactive ketones (excluding diaryl/α,β-unsaturated/α-hetero) is 3. The highest BCUT2D eigenvalue weighted by Gasteiger charge is 2.33. The first-order valence-corrected chi connectivity index (χ1v) is 21.5. The first-order chi connectivity index (χ1) is 26.7. The van der Waals surface area contributed by atoms with E-state index in [-0.39, 0.29) is 60.3 Å². The van der Waals surface area contributed by atoms with Gasteiger partial charge in [-0.05, 0) is 90.3 Å². The molecule has 0 aliphatic heterocycles. The van der Waals surface area contributed by atoms with E-state index in [9.17, 15) is 33.9 Å². The maximum atomic E-state index is 14.2. The van der Waals surface area contributed by atoms with Crippen molar-refractivity contribution >= 4 is 35.1 Å². The van der Waals surface area contributed by atoms with Crippen molar-refractivity contribution < 1.29 is 33.9 Å². The van der Waals surface area contributed by atoms with Crippen molar-refractivity contribution in [3.63, 3.8) is 0 Å². The summed E-state index contributed by atoms with van der Waals surface area (Å²) >= 11 is 0. The molecule has 0 aromatic heterocycles. The molecule has 56 heavy (non-hydrogen) atoms. The third kappa shape index (κ3) is 18.2. The third-order valence-corrected chi connectivity index (χ3v) is 11.2. The van der Waals surface area contributed by atoms with Gasteiger partial charge in [-0.3, -0.25) is 28.8 Å². The van der Waals surface area contributed by atoms with Crippen LogP contribution in [0.1, 0.15) is 138 Å². The van der Waals surface area contributed by atoms with Gasteiger partial charge in [0, 0.05) is 50.1 Å². The Morgan fingerprint density at radius 2 is 1.39 bits per heavy atom. The molecule has 0 unspecified atom stereocenters. The van der Waals surface area contributed by atoms with Crippen LogP contribution in [0.3, 0.4) is 0 Å². The van der Waals surface area contributed by atoms with Crippen LogP contribution in [0.15, 0.2) is 30.3 Å². The van der Waals surface area contributed by atoms with E-state index in [1.54, 1.807) is 13.8 Å². The Morgan fingerprint density at radius 1 is 0.750 bits per heavy atom. The van der Waals surface area contributed by atoms with Crippen molar-refractivity contribution in [2.24, 2.45) is 29.6 Å². The van der Waals surface area contributed by atoms with Crippen molar-refractivity contribution in [2.45, 2.75) is 156 Å². The van der Waals surface area contributed by atoms with Crippen molar-refractivity contribution in [2.75, 3.05) is 26.2 Å². The average Bonchev–Trinajstić information content (AvgIpc) is 3.16. The van der Waals surface area contributed by atoms with E-state index in [2.05, 4.69) is 41.6 Å². The predicted molar refractivity (Wildman–Crippen MR) is 222 cm³/mol. The van der Waals surface area contributed by atoms with Crippen molar-refractivity contribution in [1.29, 1.82) is 0 Å². The Morgan fingerprint density at radius 3 is 1.98 bits per heavy atom. The zero-order valence-corrected chi connectivity index (χ0v) is 35.6. The first kappa shape index (κ1) is 48.7. The van der Waals surface area contributed by atoms with E-state index >= 15 is 0 Å². The van der Waals surface area contributed by atoms with E-state index < -0.39 is 42.4 Å². The maximum Gasteiger partial charge on any atom is 0.225 e. The van der Waals surface area contributed by atoms with Crippen molar-refractivity contribution in [1.82, 2.24) is 20.9 Å². The quantitative estimate of drug-likeness (QED) is 0.0755. The molecule has 316 valence electrons. The van der Waals surface area contributed by atoms with Crippen LogP contribution >= 0.6 is 0 Å². The minimum atomic E-state index is -0.922. The van der Waals surface area contributed by atoms with Crippen LogP contribution in [0.5, 0.6) is 0 Å². The Balaban J connectivity index is 2.27. The maximum absolute atomic E-state index is 14.2. The highest BCUT2D eigenvalue weighted by molar-refractivity contribution is 5.96. The van der Waals surface area contributed by atoms with Crippen molar-refractivity contribution in [3.8, 4) is 0 Å². The zero-order chi connectivity index (χ0) is 41.6. The van der Waals surface area contributed by atoms with Crippen LogP contribution in [0.2, 0.25) is 0 Å². The summed E-state index contributed by atoms with van der Waals surface area (Å²) in [4.78, 5) is 83.4. The van der Waals surface area contributed by atoms with Crippen molar-refractivity contribution in [3.05, 3.63) is 35.9 Å². The van der Waals surface area contributed by atoms with Gasteiger partial charge in [0.1, 0.15) is 5.78 Å². The first-order valence-electron chi connectivity index (χ1n) is 21.5. The van der Waals surface area contributed by atoms with Gasteiger partial charge in [0.05, 0.1) is 24.6 Å². The lowest BCUT2D eigenvalue weighted by atomic mass is 9.80. The number of nitrogens with one attached hydrogen (secondary N) is 3. The molecule has 1 aromatic carbocycles. The summed E-state index contributed by atoms with van der Waals surface area (Å²) in [5, 5.41) is 18.5. The molecule has 1 aliphatic carbocycles. The van der Waals surface area contributed by atoms with E-state index in [1.807, 2.05) is 44.2 Å². The minimum absolute atomic E-state index is 0.00212. The highest BCUT2D eigenvalue weighted by Crippen LogP contribution is 2.31. The molecule has 11 heteroatoms. The Kier molecular flexibility index (Phi) is 23.0. The second-order valence-electron chi connectivity index (χ2n) is 16.8. The Hall–Kier alpha value is -3.44. The van der Waals surface area contributed by atoms with Crippen LogP contribution in [0, 0.1) is 29.6 Å². The topological polar surface area (TPSA) is 162 Å². The monoisotopic (exact) mass is 783 g/mol. The van der Waals surface area contributed by atoms with Crippen LogP contribution < -0.4 is 16.0 Å². The molecule has 3 amide bonds. The van der Waals surface area contributed by atoms with Crippen LogP contribution in [0.4, 0.5) is 0 Å². The van der Waals surface area contributed by atoms with Gasteiger partial charge < -0.3 is 26.0 Å². The molecule has 0 bridgehead atoms. The number of unbranched alkanes of at least 4 members (excludes halogenated alkanes) is 1. The van der Waals surface area contributed by atoms with Gasteiger partial charge in [0.2, 0.25) is 17.7 Å². The fraction of sp³-hybridized carbons (Fsp3) is 0.733. The number of aliphatic hydroxyl groups excluding tert-OH is 1. The number of nitrogens with zero attached hydrogens (tertiary/aromatic N) is 1. The zero-order valence-electron chi connectivity index (χ0n) is 35.6.